The van der Waals surface area contributed by atoms with Crippen LogP contribution in [0, 0.1) is 6.92 Å². The van der Waals surface area contributed by atoms with Gasteiger partial charge < -0.3 is 9.64 Å². The third-order valence-electron chi connectivity index (χ3n) is 5.22. The van der Waals surface area contributed by atoms with Crippen molar-refractivity contribution in [2.75, 3.05) is 13.7 Å². The van der Waals surface area contributed by atoms with Crippen LogP contribution in [0.2, 0.25) is 0 Å². The van der Waals surface area contributed by atoms with E-state index in [1.54, 1.807) is 25.2 Å². The maximum Gasteiger partial charge on any atom is 0.359 e. The van der Waals surface area contributed by atoms with E-state index in [0.717, 1.165) is 16.5 Å². The van der Waals surface area contributed by atoms with Crippen LogP contribution in [0.1, 0.15) is 38.9 Å². The summed E-state index contributed by atoms with van der Waals surface area (Å²) in [6, 6.07) is 17.5. The van der Waals surface area contributed by atoms with Crippen LogP contribution in [-0.4, -0.2) is 39.8 Å². The molecule has 0 aliphatic rings. The minimum absolute atomic E-state index is 0.105. The van der Waals surface area contributed by atoms with Gasteiger partial charge in [-0.3, -0.25) is 9.20 Å². The summed E-state index contributed by atoms with van der Waals surface area (Å²) in [5.74, 6) is -0.597. The number of esters is 1. The molecule has 0 bridgehead atoms. The second-order valence-corrected chi connectivity index (χ2v) is 7.20. The fraction of sp³-hybridized carbons (Fsp3) is 0.208. The van der Waals surface area contributed by atoms with Gasteiger partial charge in [0.15, 0.2) is 5.69 Å². The van der Waals surface area contributed by atoms with Crippen LogP contribution < -0.4 is 0 Å². The molecule has 2 aromatic heterocycles. The molecule has 0 saturated carbocycles. The number of ether oxygens (including phenoxy) is 1. The molecular formula is C24H23N3O3. The number of fused-ring (bicyclic) bond motifs is 3. The fourth-order valence-electron chi connectivity index (χ4n) is 3.85. The Kier molecular flexibility index (Phi) is 5.23. The summed E-state index contributed by atoms with van der Waals surface area (Å²) in [6.45, 7) is 4.36. The first kappa shape index (κ1) is 19.6. The number of aromatic nitrogens is 2. The number of hydrogen-bond donors (Lipinski definition) is 0. The number of carbonyl (C=O) groups excluding carboxylic acids is 2. The van der Waals surface area contributed by atoms with Crippen LogP contribution in [0.4, 0.5) is 0 Å². The molecule has 0 aliphatic heterocycles. The summed E-state index contributed by atoms with van der Waals surface area (Å²) in [5.41, 5.74) is 3.97. The van der Waals surface area contributed by atoms with Crippen molar-refractivity contribution >= 4 is 28.3 Å². The summed E-state index contributed by atoms with van der Waals surface area (Å²) in [4.78, 5) is 32.0. The minimum Gasteiger partial charge on any atom is -0.461 e. The van der Waals surface area contributed by atoms with Crippen LogP contribution in [0.5, 0.6) is 0 Å². The van der Waals surface area contributed by atoms with Crippen molar-refractivity contribution in [3.63, 3.8) is 0 Å². The molecule has 0 atom stereocenters. The average Bonchev–Trinajstić information content (AvgIpc) is 3.20. The zero-order valence-electron chi connectivity index (χ0n) is 17.3. The predicted octanol–water partition coefficient (Wildman–Crippen LogP) is 4.24. The number of benzene rings is 2. The maximum atomic E-state index is 13.5. The van der Waals surface area contributed by atoms with Gasteiger partial charge in [0.1, 0.15) is 6.33 Å². The fourth-order valence-corrected chi connectivity index (χ4v) is 3.85. The third kappa shape index (κ3) is 3.30. The van der Waals surface area contributed by atoms with Crippen LogP contribution in [0.3, 0.4) is 0 Å². The highest BCUT2D eigenvalue weighted by Gasteiger charge is 2.25. The molecule has 0 radical (unpaired) electrons. The molecule has 0 fully saturated rings. The van der Waals surface area contributed by atoms with E-state index in [9.17, 15) is 9.59 Å². The maximum absolute atomic E-state index is 13.5. The molecule has 0 unspecified atom stereocenters. The van der Waals surface area contributed by atoms with Crippen molar-refractivity contribution in [2.45, 2.75) is 20.4 Å². The SMILES string of the molecule is CCOC(=O)c1ncn2c1c(C)c(C(=O)N(C)Cc1ccccc1)c1ccccc12. The Morgan fingerprint density at radius 1 is 1.07 bits per heavy atom. The van der Waals surface area contributed by atoms with E-state index in [0.29, 0.717) is 23.2 Å². The first-order valence-electron chi connectivity index (χ1n) is 9.87. The molecule has 152 valence electrons. The second-order valence-electron chi connectivity index (χ2n) is 7.20. The summed E-state index contributed by atoms with van der Waals surface area (Å²) in [6.07, 6.45) is 1.61. The molecule has 4 aromatic rings. The highest BCUT2D eigenvalue weighted by Crippen LogP contribution is 2.29. The van der Waals surface area contributed by atoms with Gasteiger partial charge in [0, 0.05) is 19.0 Å². The predicted molar refractivity (Wildman–Crippen MR) is 116 cm³/mol. The zero-order chi connectivity index (χ0) is 21.3. The molecule has 0 spiro atoms. The number of hydrogen-bond acceptors (Lipinski definition) is 4. The number of aryl methyl sites for hydroxylation is 1. The summed E-state index contributed by atoms with van der Waals surface area (Å²) in [7, 11) is 1.79. The lowest BCUT2D eigenvalue weighted by atomic mass is 10.00. The molecule has 1 amide bonds. The highest BCUT2D eigenvalue weighted by molar-refractivity contribution is 6.11. The van der Waals surface area contributed by atoms with Crippen LogP contribution in [-0.2, 0) is 11.3 Å². The summed E-state index contributed by atoms with van der Waals surface area (Å²) >= 11 is 0. The number of carbonyl (C=O) groups is 2. The minimum atomic E-state index is -0.491. The van der Waals surface area contributed by atoms with Gasteiger partial charge in [-0.25, -0.2) is 9.78 Å². The Morgan fingerprint density at radius 2 is 1.77 bits per heavy atom. The Hall–Kier alpha value is -3.67. The molecular weight excluding hydrogens is 378 g/mol. The van der Waals surface area contributed by atoms with Gasteiger partial charge in [-0.05, 0) is 31.0 Å². The van der Waals surface area contributed by atoms with Crippen molar-refractivity contribution in [2.24, 2.45) is 0 Å². The van der Waals surface area contributed by atoms with Crippen molar-refractivity contribution in [1.82, 2.24) is 14.3 Å². The number of pyridine rings is 1. The van der Waals surface area contributed by atoms with E-state index in [1.807, 2.05) is 65.9 Å². The lowest BCUT2D eigenvalue weighted by Gasteiger charge is -2.21. The largest absolute Gasteiger partial charge is 0.461 e. The Bertz CT molecular complexity index is 1250. The number of rotatable bonds is 5. The van der Waals surface area contributed by atoms with Crippen LogP contribution in [0.15, 0.2) is 60.9 Å². The standard InChI is InChI=1S/C24H23N3O3/c1-4-30-24(29)21-22-16(2)20(18-12-8-9-13-19(18)27(22)15-25-21)23(28)26(3)14-17-10-6-5-7-11-17/h5-13,15H,4,14H2,1-3H3. The Labute approximate surface area is 174 Å². The van der Waals surface area contributed by atoms with Crippen molar-refractivity contribution < 1.29 is 14.3 Å². The lowest BCUT2D eigenvalue weighted by molar-refractivity contribution is 0.0522. The molecule has 2 heterocycles. The molecule has 6 nitrogen and oxygen atoms in total. The molecule has 6 heteroatoms. The van der Waals surface area contributed by atoms with E-state index in [2.05, 4.69) is 4.98 Å². The van der Waals surface area contributed by atoms with Gasteiger partial charge in [0.25, 0.3) is 5.91 Å². The molecule has 0 aliphatic carbocycles. The number of amides is 1. The zero-order valence-corrected chi connectivity index (χ0v) is 17.3. The Balaban J connectivity index is 1.89. The summed E-state index contributed by atoms with van der Waals surface area (Å²) < 4.78 is 7.03. The van der Waals surface area contributed by atoms with Crippen molar-refractivity contribution in [3.05, 3.63) is 83.3 Å². The molecule has 4 rings (SSSR count). The normalized spacial score (nSPS) is 11.0. The van der Waals surface area contributed by atoms with Gasteiger partial charge in [-0.2, -0.15) is 0 Å². The molecule has 30 heavy (non-hydrogen) atoms. The van der Waals surface area contributed by atoms with Crippen LogP contribution in [0.25, 0.3) is 16.4 Å². The molecule has 0 saturated heterocycles. The van der Waals surface area contributed by atoms with Gasteiger partial charge >= 0.3 is 5.97 Å². The topological polar surface area (TPSA) is 63.9 Å². The first-order valence-corrected chi connectivity index (χ1v) is 9.87. The lowest BCUT2D eigenvalue weighted by Crippen LogP contribution is -2.27. The number of nitrogens with zero attached hydrogens (tertiary/aromatic N) is 3. The smallest absolute Gasteiger partial charge is 0.359 e. The van der Waals surface area contributed by atoms with Gasteiger partial charge in [-0.15, -0.1) is 0 Å². The van der Waals surface area contributed by atoms with Crippen molar-refractivity contribution in [3.8, 4) is 0 Å². The first-order chi connectivity index (χ1) is 14.5. The molecule has 2 aromatic carbocycles. The highest BCUT2D eigenvalue weighted by atomic mass is 16.5. The Morgan fingerprint density at radius 3 is 2.50 bits per heavy atom. The van der Waals surface area contributed by atoms with E-state index in [1.165, 1.54) is 0 Å². The van der Waals surface area contributed by atoms with E-state index in [-0.39, 0.29) is 18.2 Å². The monoisotopic (exact) mass is 401 g/mol. The molecule has 0 N–H and O–H groups in total. The average molecular weight is 401 g/mol. The number of imidazole rings is 1. The third-order valence-corrected chi connectivity index (χ3v) is 5.22. The van der Waals surface area contributed by atoms with Gasteiger partial charge in [-0.1, -0.05) is 48.5 Å². The van der Waals surface area contributed by atoms with Crippen molar-refractivity contribution in [1.29, 1.82) is 0 Å². The van der Waals surface area contributed by atoms with E-state index in [4.69, 9.17) is 4.74 Å². The van der Waals surface area contributed by atoms with Gasteiger partial charge in [0.2, 0.25) is 0 Å². The van der Waals surface area contributed by atoms with E-state index >= 15 is 0 Å². The number of para-hydroxylation sites is 1. The van der Waals surface area contributed by atoms with Crippen LogP contribution >= 0.6 is 0 Å². The van der Waals surface area contributed by atoms with E-state index < -0.39 is 5.97 Å². The summed E-state index contributed by atoms with van der Waals surface area (Å²) in [5, 5.41) is 0.820. The van der Waals surface area contributed by atoms with Gasteiger partial charge in [0.05, 0.1) is 23.2 Å². The second kappa shape index (κ2) is 7.99. The quantitative estimate of drug-likeness (QED) is 0.469.